The van der Waals surface area contributed by atoms with Crippen molar-refractivity contribution in [3.63, 3.8) is 0 Å². The van der Waals surface area contributed by atoms with E-state index in [1.54, 1.807) is 49.3 Å². The minimum Gasteiger partial charge on any atom is -0.339 e. The number of aryl methyl sites for hydroxylation is 2. The molecule has 0 aliphatic heterocycles. The fourth-order valence-electron chi connectivity index (χ4n) is 5.06. The highest BCUT2D eigenvalue weighted by Gasteiger charge is 2.33. The third-order valence-corrected chi connectivity index (χ3v) is 7.39. The Morgan fingerprint density at radius 1 is 1.08 bits per heavy atom. The van der Waals surface area contributed by atoms with E-state index < -0.39 is 6.04 Å². The summed E-state index contributed by atoms with van der Waals surface area (Å²) in [6.45, 7) is 6.03. The topological polar surface area (TPSA) is 111 Å². The summed E-state index contributed by atoms with van der Waals surface area (Å²) in [4.78, 5) is 42.9. The molecule has 0 aromatic carbocycles. The molecule has 0 bridgehead atoms. The van der Waals surface area contributed by atoms with Crippen LogP contribution in [0.15, 0.2) is 41.5 Å². The molecule has 36 heavy (non-hydrogen) atoms. The number of aromatic nitrogens is 4. The molecule has 3 heterocycles. The van der Waals surface area contributed by atoms with Crippen LogP contribution in [0.3, 0.4) is 0 Å². The lowest BCUT2D eigenvalue weighted by Crippen LogP contribution is -2.49. The third kappa shape index (κ3) is 5.24. The van der Waals surface area contributed by atoms with E-state index >= 15 is 0 Å². The lowest BCUT2D eigenvalue weighted by Gasteiger charge is -2.32. The van der Waals surface area contributed by atoms with Gasteiger partial charge in [-0.05, 0) is 62.3 Å². The molecule has 1 atom stereocenters. The molecule has 3 aromatic heterocycles. The second kappa shape index (κ2) is 10.5. The molecule has 2 N–H and O–H groups in total. The largest absolute Gasteiger partial charge is 0.339 e. The maximum Gasteiger partial charge on any atom is 0.270 e. The van der Waals surface area contributed by atoms with Crippen LogP contribution < -0.4 is 16.2 Å². The summed E-state index contributed by atoms with van der Waals surface area (Å²) in [6, 6.07) is 6.21. The van der Waals surface area contributed by atoms with Crippen LogP contribution in [0, 0.1) is 25.7 Å². The average molecular weight is 491 g/mol. The summed E-state index contributed by atoms with van der Waals surface area (Å²) < 4.78 is 3.11. The number of amides is 2. The van der Waals surface area contributed by atoms with Crippen molar-refractivity contribution < 1.29 is 9.59 Å². The van der Waals surface area contributed by atoms with Gasteiger partial charge >= 0.3 is 0 Å². The van der Waals surface area contributed by atoms with Gasteiger partial charge in [-0.25, -0.2) is 4.98 Å². The molecule has 0 radical (unpaired) electrons. The van der Waals surface area contributed by atoms with Crippen LogP contribution in [0.2, 0.25) is 0 Å². The molecule has 0 spiro atoms. The molecular weight excluding hydrogens is 456 g/mol. The first-order chi connectivity index (χ1) is 17.2. The number of anilines is 1. The van der Waals surface area contributed by atoms with E-state index in [1.807, 2.05) is 19.9 Å². The monoisotopic (exact) mass is 490 g/mol. The lowest BCUT2D eigenvalue weighted by molar-refractivity contribution is -0.119. The predicted octanol–water partition coefficient (Wildman–Crippen LogP) is 3.36. The molecule has 3 aromatic rings. The van der Waals surface area contributed by atoms with E-state index in [2.05, 4.69) is 27.6 Å². The van der Waals surface area contributed by atoms with Gasteiger partial charge in [0.15, 0.2) is 0 Å². The Kier molecular flexibility index (Phi) is 7.37. The minimum atomic E-state index is -0.672. The molecule has 0 saturated heterocycles. The molecule has 1 saturated carbocycles. The number of pyridine rings is 2. The highest BCUT2D eigenvalue weighted by molar-refractivity contribution is 6.00. The van der Waals surface area contributed by atoms with Gasteiger partial charge in [0, 0.05) is 49.4 Å². The SMILES string of the molecule is Cc1cc(=O)n(C)c(C)c1-c1ccc(NC(=O)[C@@H](NC(=O)c2ccnn2C)[C@H]2CC[C@H](C)CC2)nc1. The average Bonchev–Trinajstić information content (AvgIpc) is 3.28. The number of carbonyl (C=O) groups excluding carboxylic acids is 2. The smallest absolute Gasteiger partial charge is 0.270 e. The fraction of sp³-hybridized carbons (Fsp3) is 0.444. The Labute approximate surface area is 210 Å². The molecule has 2 amide bonds. The maximum atomic E-state index is 13.4. The van der Waals surface area contributed by atoms with E-state index in [4.69, 9.17) is 0 Å². The van der Waals surface area contributed by atoms with Gasteiger partial charge < -0.3 is 15.2 Å². The normalized spacial score (nSPS) is 18.5. The fourth-order valence-corrected chi connectivity index (χ4v) is 5.06. The zero-order valence-electron chi connectivity index (χ0n) is 21.5. The molecule has 190 valence electrons. The van der Waals surface area contributed by atoms with Crippen molar-refractivity contribution in [3.05, 3.63) is 64.0 Å². The third-order valence-electron chi connectivity index (χ3n) is 7.39. The summed E-state index contributed by atoms with van der Waals surface area (Å²) in [5, 5.41) is 9.92. The van der Waals surface area contributed by atoms with Gasteiger partial charge in [-0.1, -0.05) is 19.8 Å². The molecule has 1 aliphatic rings. The van der Waals surface area contributed by atoms with Crippen LogP contribution >= 0.6 is 0 Å². The second-order valence-corrected chi connectivity index (χ2v) is 9.92. The number of nitrogens with one attached hydrogen (secondary N) is 2. The maximum absolute atomic E-state index is 13.4. The summed E-state index contributed by atoms with van der Waals surface area (Å²) in [5.74, 6) is 0.482. The van der Waals surface area contributed by atoms with Gasteiger partial charge in [0.2, 0.25) is 5.91 Å². The van der Waals surface area contributed by atoms with Crippen molar-refractivity contribution in [1.29, 1.82) is 0 Å². The molecular formula is C27H34N6O3. The van der Waals surface area contributed by atoms with Gasteiger partial charge in [0.25, 0.3) is 11.5 Å². The summed E-state index contributed by atoms with van der Waals surface area (Å²) in [6.07, 6.45) is 7.07. The number of carbonyl (C=O) groups is 2. The first-order valence-electron chi connectivity index (χ1n) is 12.4. The van der Waals surface area contributed by atoms with Crippen molar-refractivity contribution in [1.82, 2.24) is 24.6 Å². The van der Waals surface area contributed by atoms with Crippen LogP contribution in [0.25, 0.3) is 11.1 Å². The molecule has 9 nitrogen and oxygen atoms in total. The Hall–Kier alpha value is -3.75. The van der Waals surface area contributed by atoms with Gasteiger partial charge in [-0.2, -0.15) is 5.10 Å². The predicted molar refractivity (Wildman–Crippen MR) is 139 cm³/mol. The number of nitrogens with zero attached hydrogens (tertiary/aromatic N) is 4. The van der Waals surface area contributed by atoms with Crippen LogP contribution in [0.1, 0.15) is 54.4 Å². The van der Waals surface area contributed by atoms with Crippen LogP contribution in [0.5, 0.6) is 0 Å². The number of hydrogen-bond acceptors (Lipinski definition) is 5. The highest BCUT2D eigenvalue weighted by Crippen LogP contribution is 2.31. The second-order valence-electron chi connectivity index (χ2n) is 9.92. The van der Waals surface area contributed by atoms with E-state index in [1.165, 1.54) is 4.68 Å². The lowest BCUT2D eigenvalue weighted by atomic mass is 9.79. The molecule has 9 heteroatoms. The zero-order valence-corrected chi connectivity index (χ0v) is 21.5. The first-order valence-corrected chi connectivity index (χ1v) is 12.4. The van der Waals surface area contributed by atoms with Crippen LogP contribution in [-0.2, 0) is 18.9 Å². The Morgan fingerprint density at radius 2 is 1.81 bits per heavy atom. The van der Waals surface area contributed by atoms with E-state index in [0.29, 0.717) is 17.4 Å². The van der Waals surface area contributed by atoms with Crippen molar-refractivity contribution in [3.8, 4) is 11.1 Å². The van der Waals surface area contributed by atoms with Crippen molar-refractivity contribution in [2.75, 3.05) is 5.32 Å². The number of hydrogen-bond donors (Lipinski definition) is 2. The van der Waals surface area contributed by atoms with Crippen molar-refractivity contribution in [2.24, 2.45) is 25.9 Å². The Balaban J connectivity index is 1.54. The highest BCUT2D eigenvalue weighted by atomic mass is 16.2. The molecule has 4 rings (SSSR count). The summed E-state index contributed by atoms with van der Waals surface area (Å²) in [5.41, 5.74) is 3.88. The van der Waals surface area contributed by atoms with Gasteiger partial charge in [-0.3, -0.25) is 19.1 Å². The van der Waals surface area contributed by atoms with E-state index in [-0.39, 0.29) is 23.3 Å². The van der Waals surface area contributed by atoms with Gasteiger partial charge in [-0.15, -0.1) is 0 Å². The Morgan fingerprint density at radius 3 is 2.42 bits per heavy atom. The first kappa shape index (κ1) is 25.3. The van der Waals surface area contributed by atoms with Crippen LogP contribution in [-0.4, -0.2) is 37.2 Å². The van der Waals surface area contributed by atoms with E-state index in [9.17, 15) is 14.4 Å². The molecule has 1 aliphatic carbocycles. The summed E-state index contributed by atoms with van der Waals surface area (Å²) >= 11 is 0. The Bertz CT molecular complexity index is 1320. The van der Waals surface area contributed by atoms with Crippen LogP contribution in [0.4, 0.5) is 5.82 Å². The number of rotatable bonds is 6. The van der Waals surface area contributed by atoms with Crippen molar-refractivity contribution in [2.45, 2.75) is 52.5 Å². The quantitative estimate of drug-likeness (QED) is 0.550. The molecule has 1 fully saturated rings. The van der Waals surface area contributed by atoms with Crippen molar-refractivity contribution >= 4 is 17.6 Å². The summed E-state index contributed by atoms with van der Waals surface area (Å²) in [7, 11) is 3.44. The minimum absolute atomic E-state index is 0.0496. The van der Waals surface area contributed by atoms with Gasteiger partial charge in [0.05, 0.1) is 0 Å². The van der Waals surface area contributed by atoms with E-state index in [0.717, 1.165) is 48.1 Å². The molecule has 0 unspecified atom stereocenters. The van der Waals surface area contributed by atoms with Gasteiger partial charge in [0.1, 0.15) is 17.6 Å². The standard InChI is InChI=1S/C27H34N6O3/c1-16-6-8-19(9-7-16)25(31-26(35)21-12-13-29-33(21)5)27(36)30-22-11-10-20(15-28-22)24-17(2)14-23(34)32(4)18(24)3/h10-16,19,25H,6-9H2,1-5H3,(H,31,35)(H,28,30,36)/t16-,19-,25-/m0/s1. The zero-order chi connectivity index (χ0) is 26.0.